The van der Waals surface area contributed by atoms with Crippen LogP contribution < -0.4 is 26.3 Å². The minimum Gasteiger partial charge on any atom is -0.319 e. The number of aryl methyl sites for hydroxylation is 1. The van der Waals surface area contributed by atoms with Crippen LogP contribution in [0.25, 0.3) is 34.1 Å². The van der Waals surface area contributed by atoms with Crippen molar-refractivity contribution < 1.29 is 0 Å². The molecule has 0 bridgehead atoms. The number of rotatable bonds is 6. The Bertz CT molecular complexity index is 3180. The molecule has 11 rings (SSSR count). The third-order valence-electron chi connectivity index (χ3n) is 14.1. The van der Waals surface area contributed by atoms with Gasteiger partial charge in [0.1, 0.15) is 0 Å². The van der Waals surface area contributed by atoms with Gasteiger partial charge in [-0.15, -0.1) is 0 Å². The van der Waals surface area contributed by atoms with Crippen molar-refractivity contribution in [3.8, 4) is 28.1 Å². The standard InChI is InChI=1S/C61H58BN3S/c1-59(2,3)44-29-33-48(34-30-44)63-51-26-18-17-25-50(51)62-55-52(63)38-46(61(7,8)66)39-53(55)64(49-35-31-45(32-36-49)60(4,5)6)57-54(41-20-11-9-12-21-41)56(65(58(57)62)47-23-13-10-14-24-47)43-28-27-40-19-15-16-22-42(40)37-43/h9-14,16-18,20-39,66H,15,19H2,1-8H3. The van der Waals surface area contributed by atoms with Gasteiger partial charge in [-0.05, 0) is 148 Å². The predicted octanol–water partition coefficient (Wildman–Crippen LogP) is 14.6. The summed E-state index contributed by atoms with van der Waals surface area (Å²) in [6, 6.07) is 62.1. The molecule has 0 unspecified atom stereocenters. The van der Waals surface area contributed by atoms with Crippen LogP contribution in [0.1, 0.15) is 89.6 Å². The maximum Gasteiger partial charge on any atom is 0.273 e. The van der Waals surface area contributed by atoms with E-state index in [-0.39, 0.29) is 17.5 Å². The third-order valence-corrected chi connectivity index (χ3v) is 14.4. The highest BCUT2D eigenvalue weighted by Gasteiger charge is 2.48. The zero-order valence-corrected chi connectivity index (χ0v) is 40.4. The van der Waals surface area contributed by atoms with Crippen molar-refractivity contribution in [2.24, 2.45) is 0 Å². The summed E-state index contributed by atoms with van der Waals surface area (Å²) in [7, 11) is 0. The molecule has 3 nitrogen and oxygen atoms in total. The smallest absolute Gasteiger partial charge is 0.273 e. The normalized spacial score (nSPS) is 14.2. The lowest BCUT2D eigenvalue weighted by atomic mass is 9.34. The summed E-state index contributed by atoms with van der Waals surface area (Å²) in [6.07, 6.45) is 6.78. The molecule has 326 valence electrons. The van der Waals surface area contributed by atoms with Gasteiger partial charge in [-0.2, -0.15) is 12.6 Å². The molecule has 7 aromatic carbocycles. The van der Waals surface area contributed by atoms with Crippen molar-refractivity contribution in [3.63, 3.8) is 0 Å². The first-order valence-corrected chi connectivity index (χ1v) is 24.1. The molecule has 66 heavy (non-hydrogen) atoms. The molecule has 2 aliphatic heterocycles. The number of fused-ring (bicyclic) bond motifs is 5. The fraction of sp³-hybridized carbons (Fsp3) is 0.213. The van der Waals surface area contributed by atoms with Crippen molar-refractivity contribution in [3.05, 3.63) is 198 Å². The van der Waals surface area contributed by atoms with Crippen LogP contribution in [-0.4, -0.2) is 11.3 Å². The minimum absolute atomic E-state index is 0.00152. The topological polar surface area (TPSA) is 11.4 Å². The molecule has 0 saturated carbocycles. The van der Waals surface area contributed by atoms with Gasteiger partial charge in [0, 0.05) is 50.0 Å². The van der Waals surface area contributed by atoms with Gasteiger partial charge in [0.15, 0.2) is 0 Å². The predicted molar refractivity (Wildman–Crippen MR) is 287 cm³/mol. The van der Waals surface area contributed by atoms with Crippen LogP contribution in [0.3, 0.4) is 0 Å². The second-order valence-electron chi connectivity index (χ2n) is 21.1. The molecule has 3 aliphatic rings. The highest BCUT2D eigenvalue weighted by Crippen LogP contribution is 2.52. The van der Waals surface area contributed by atoms with Crippen molar-refractivity contribution in [1.82, 2.24) is 4.57 Å². The number of para-hydroxylation sites is 2. The maximum absolute atomic E-state index is 5.36. The average Bonchev–Trinajstić information content (AvgIpc) is 3.66. The van der Waals surface area contributed by atoms with E-state index in [9.17, 15) is 0 Å². The number of hydrogen-bond acceptors (Lipinski definition) is 3. The Morgan fingerprint density at radius 3 is 1.71 bits per heavy atom. The lowest BCUT2D eigenvalue weighted by molar-refractivity contribution is 0.590. The summed E-state index contributed by atoms with van der Waals surface area (Å²) >= 11 is 5.36. The summed E-state index contributed by atoms with van der Waals surface area (Å²) in [5, 5.41) is 0. The number of hydrogen-bond donors (Lipinski definition) is 1. The zero-order valence-electron chi connectivity index (χ0n) is 39.5. The molecule has 0 spiro atoms. The third kappa shape index (κ3) is 6.97. The Hall–Kier alpha value is -6.43. The number of nitrogens with zero attached hydrogens (tertiary/aromatic N) is 3. The van der Waals surface area contributed by atoms with E-state index in [0.29, 0.717) is 0 Å². The largest absolute Gasteiger partial charge is 0.319 e. The Morgan fingerprint density at radius 2 is 1.09 bits per heavy atom. The molecule has 0 amide bonds. The summed E-state index contributed by atoms with van der Waals surface area (Å²) in [5.41, 5.74) is 23.3. The number of aromatic nitrogens is 1. The zero-order chi connectivity index (χ0) is 45.7. The Kier molecular flexibility index (Phi) is 9.98. The van der Waals surface area contributed by atoms with Gasteiger partial charge in [-0.25, -0.2) is 0 Å². The van der Waals surface area contributed by atoms with E-state index in [1.165, 1.54) is 89.5 Å². The lowest BCUT2D eigenvalue weighted by Gasteiger charge is -2.44. The van der Waals surface area contributed by atoms with Crippen LogP contribution in [-0.2, 0) is 22.0 Å². The fourth-order valence-corrected chi connectivity index (χ4v) is 10.8. The molecular formula is C61H58BN3S. The van der Waals surface area contributed by atoms with Gasteiger partial charge in [0.2, 0.25) is 0 Å². The summed E-state index contributed by atoms with van der Waals surface area (Å²) in [6.45, 7) is 18.1. The molecule has 0 saturated heterocycles. The van der Waals surface area contributed by atoms with E-state index >= 15 is 0 Å². The first kappa shape index (κ1) is 42.2. The monoisotopic (exact) mass is 875 g/mol. The van der Waals surface area contributed by atoms with E-state index in [0.717, 1.165) is 29.9 Å². The van der Waals surface area contributed by atoms with Crippen LogP contribution in [0.2, 0.25) is 0 Å². The van der Waals surface area contributed by atoms with E-state index in [1.807, 2.05) is 0 Å². The van der Waals surface area contributed by atoms with Gasteiger partial charge < -0.3 is 14.4 Å². The number of allylic oxidation sites excluding steroid dienone is 1. The molecule has 0 radical (unpaired) electrons. The summed E-state index contributed by atoms with van der Waals surface area (Å²) < 4.78 is 2.18. The van der Waals surface area contributed by atoms with Gasteiger partial charge >= 0.3 is 0 Å². The Morgan fingerprint density at radius 1 is 0.515 bits per heavy atom. The summed E-state index contributed by atoms with van der Waals surface area (Å²) in [5.74, 6) is 0. The van der Waals surface area contributed by atoms with Crippen LogP contribution >= 0.6 is 12.6 Å². The molecule has 5 heteroatoms. The van der Waals surface area contributed by atoms with Crippen molar-refractivity contribution in [1.29, 1.82) is 0 Å². The molecule has 0 fully saturated rings. The van der Waals surface area contributed by atoms with E-state index in [2.05, 4.69) is 246 Å². The number of benzene rings is 7. The molecule has 1 aliphatic carbocycles. The summed E-state index contributed by atoms with van der Waals surface area (Å²) in [4.78, 5) is 5.13. The van der Waals surface area contributed by atoms with Crippen molar-refractivity contribution >= 4 is 76.1 Å². The van der Waals surface area contributed by atoms with E-state index < -0.39 is 4.75 Å². The maximum atomic E-state index is 5.36. The lowest BCUT2D eigenvalue weighted by Crippen LogP contribution is -2.63. The molecule has 3 heterocycles. The van der Waals surface area contributed by atoms with E-state index in [4.69, 9.17) is 12.6 Å². The van der Waals surface area contributed by atoms with Gasteiger partial charge in [0.25, 0.3) is 6.71 Å². The SMILES string of the molecule is CC(C)(C)c1ccc(N2c3ccccc3B3c4c2cc(C(C)(C)S)cc4N(c2ccc(C(C)(C)C)cc2)c2c(-c4ccccc4)c(-c4ccc5c(c4)C=CCC5)n(-c4ccccc4)c23)cc1. The number of anilines is 6. The molecule has 8 aromatic rings. The fourth-order valence-electron chi connectivity index (χ4n) is 10.7. The second-order valence-corrected chi connectivity index (χ2v) is 22.2. The quantitative estimate of drug-likeness (QED) is 0.132. The highest BCUT2D eigenvalue weighted by atomic mass is 32.1. The molecular weight excluding hydrogens is 818 g/mol. The van der Waals surface area contributed by atoms with Crippen molar-refractivity contribution in [2.45, 2.75) is 83.8 Å². The van der Waals surface area contributed by atoms with Crippen LogP contribution in [0.15, 0.2) is 170 Å². The molecule has 0 N–H and O–H groups in total. The highest BCUT2D eigenvalue weighted by molar-refractivity contribution is 7.81. The van der Waals surface area contributed by atoms with Gasteiger partial charge in [-0.3, -0.25) is 0 Å². The van der Waals surface area contributed by atoms with Gasteiger partial charge in [-0.1, -0.05) is 157 Å². The second kappa shape index (κ2) is 15.6. The number of thiol groups is 1. The van der Waals surface area contributed by atoms with Crippen LogP contribution in [0, 0.1) is 0 Å². The Labute approximate surface area is 398 Å². The first-order chi connectivity index (χ1) is 31.7. The first-order valence-electron chi connectivity index (χ1n) is 23.7. The van der Waals surface area contributed by atoms with Crippen LogP contribution in [0.5, 0.6) is 0 Å². The van der Waals surface area contributed by atoms with E-state index in [1.54, 1.807) is 0 Å². The molecule has 1 aromatic heterocycles. The minimum atomic E-state index is -0.443. The molecule has 0 atom stereocenters. The van der Waals surface area contributed by atoms with Gasteiger partial charge in [0.05, 0.1) is 11.4 Å². The van der Waals surface area contributed by atoms with Crippen LogP contribution in [0.4, 0.5) is 34.1 Å². The Balaban J connectivity index is 1.33. The van der Waals surface area contributed by atoms with Crippen molar-refractivity contribution in [2.75, 3.05) is 9.80 Å². The average molecular weight is 876 g/mol.